The van der Waals surface area contributed by atoms with Gasteiger partial charge in [0, 0.05) is 21.9 Å². The molecule has 0 unspecified atom stereocenters. The Hall–Kier alpha value is -0.480. The van der Waals surface area contributed by atoms with Crippen molar-refractivity contribution < 1.29 is 8.42 Å². The first-order valence-electron chi connectivity index (χ1n) is 3.85. The van der Waals surface area contributed by atoms with Gasteiger partial charge in [-0.25, -0.2) is 8.42 Å². The quantitative estimate of drug-likeness (QED) is 0.712. The molecule has 0 radical (unpaired) electrons. The van der Waals surface area contributed by atoms with Crippen molar-refractivity contribution in [1.82, 2.24) is 0 Å². The van der Waals surface area contributed by atoms with E-state index in [9.17, 15) is 8.42 Å². The van der Waals surface area contributed by atoms with Gasteiger partial charge >= 0.3 is 0 Å². The Balaban J connectivity index is 3.04. The number of benzene rings is 1. The molecule has 1 aromatic rings. The molecule has 4 heteroatoms. The van der Waals surface area contributed by atoms with E-state index in [1.54, 1.807) is 0 Å². The minimum Gasteiger partial charge on any atom is -0.217 e. The molecular weight excluding hydrogens is 204 g/mol. The molecule has 0 aliphatic heterocycles. The van der Waals surface area contributed by atoms with Gasteiger partial charge in [-0.05, 0) is 25.5 Å². The van der Waals surface area contributed by atoms with Crippen LogP contribution in [0.5, 0.6) is 0 Å². The highest BCUT2D eigenvalue weighted by atomic mass is 33.1. The lowest BCUT2D eigenvalue weighted by molar-refractivity contribution is 0.615. The molecule has 0 aliphatic rings. The Morgan fingerprint density at radius 1 is 1.23 bits per heavy atom. The van der Waals surface area contributed by atoms with Crippen LogP contribution >= 0.6 is 10.8 Å². The molecule has 2 nitrogen and oxygen atoms in total. The van der Waals surface area contributed by atoms with Crippen LogP contribution in [0.2, 0.25) is 0 Å². The molecule has 0 atom stereocenters. The molecule has 0 heterocycles. The Labute approximate surface area is 82.7 Å². The molecule has 0 saturated heterocycles. The number of aryl methyl sites for hydroxylation is 2. The van der Waals surface area contributed by atoms with Crippen LogP contribution in [0.15, 0.2) is 23.1 Å². The summed E-state index contributed by atoms with van der Waals surface area (Å²) in [5, 5.41) is 0. The Morgan fingerprint density at radius 2 is 1.85 bits per heavy atom. The average Bonchev–Trinajstić information content (AvgIpc) is 1.93. The van der Waals surface area contributed by atoms with Crippen molar-refractivity contribution in [2.45, 2.75) is 18.7 Å². The third-order valence-electron chi connectivity index (χ3n) is 1.57. The highest BCUT2D eigenvalue weighted by Crippen LogP contribution is 2.27. The van der Waals surface area contributed by atoms with Crippen molar-refractivity contribution in [2.75, 3.05) is 6.26 Å². The second-order valence-electron chi connectivity index (χ2n) is 3.06. The van der Waals surface area contributed by atoms with E-state index in [0.717, 1.165) is 26.8 Å². The summed E-state index contributed by atoms with van der Waals surface area (Å²) < 4.78 is 22.0. The van der Waals surface area contributed by atoms with Gasteiger partial charge < -0.3 is 0 Å². The molecule has 1 rings (SSSR count). The summed E-state index contributed by atoms with van der Waals surface area (Å²) in [6.45, 7) is 3.91. The van der Waals surface area contributed by atoms with Crippen LogP contribution in [0.25, 0.3) is 0 Å². The molecular formula is C9H12O2S2. The lowest BCUT2D eigenvalue weighted by Crippen LogP contribution is -1.90. The molecule has 13 heavy (non-hydrogen) atoms. The van der Waals surface area contributed by atoms with E-state index in [4.69, 9.17) is 0 Å². The van der Waals surface area contributed by atoms with E-state index in [1.807, 2.05) is 32.0 Å². The summed E-state index contributed by atoms with van der Waals surface area (Å²) in [5.41, 5.74) is 2.16. The van der Waals surface area contributed by atoms with E-state index in [-0.39, 0.29) is 0 Å². The largest absolute Gasteiger partial charge is 0.217 e. The Morgan fingerprint density at radius 3 is 2.31 bits per heavy atom. The third-order valence-corrected chi connectivity index (χ3v) is 3.96. The summed E-state index contributed by atoms with van der Waals surface area (Å²) in [6, 6.07) is 5.74. The molecule has 72 valence electrons. The molecule has 0 bridgehead atoms. The van der Waals surface area contributed by atoms with E-state index >= 15 is 0 Å². The van der Waals surface area contributed by atoms with Gasteiger partial charge in [0.2, 0.25) is 8.87 Å². The standard InChI is InChI=1S/C9H12O2S2/c1-7-4-5-9(8(2)6-7)12-13(3,10)11/h4-6H,1-3H3. The van der Waals surface area contributed by atoms with Crippen LogP contribution in [-0.2, 0) is 8.87 Å². The van der Waals surface area contributed by atoms with Crippen molar-refractivity contribution >= 4 is 19.7 Å². The van der Waals surface area contributed by atoms with Crippen LogP contribution in [0, 0.1) is 13.8 Å². The summed E-state index contributed by atoms with van der Waals surface area (Å²) in [7, 11) is -2.09. The maximum atomic E-state index is 11.0. The maximum Gasteiger partial charge on any atom is 0.203 e. The number of hydrogen-bond donors (Lipinski definition) is 0. The maximum absolute atomic E-state index is 11.0. The minimum atomic E-state index is -3.00. The van der Waals surface area contributed by atoms with Crippen molar-refractivity contribution in [3.05, 3.63) is 29.3 Å². The fourth-order valence-corrected chi connectivity index (χ4v) is 3.24. The molecule has 0 amide bonds. The van der Waals surface area contributed by atoms with Crippen LogP contribution < -0.4 is 0 Å². The molecule has 1 aromatic carbocycles. The van der Waals surface area contributed by atoms with E-state index in [2.05, 4.69) is 0 Å². The second-order valence-corrected chi connectivity index (χ2v) is 7.39. The number of hydrogen-bond acceptors (Lipinski definition) is 3. The fraction of sp³-hybridized carbons (Fsp3) is 0.333. The highest BCUT2D eigenvalue weighted by Gasteiger charge is 2.07. The Kier molecular flexibility index (Phi) is 3.03. The predicted molar refractivity (Wildman–Crippen MR) is 56.6 cm³/mol. The second kappa shape index (κ2) is 3.72. The van der Waals surface area contributed by atoms with Crippen LogP contribution in [0.4, 0.5) is 0 Å². The summed E-state index contributed by atoms with van der Waals surface area (Å²) in [6.07, 6.45) is 1.22. The van der Waals surface area contributed by atoms with Gasteiger partial charge in [-0.2, -0.15) is 0 Å². The topological polar surface area (TPSA) is 34.1 Å². The van der Waals surface area contributed by atoms with Gasteiger partial charge in [0.15, 0.2) is 0 Å². The molecule has 0 fully saturated rings. The van der Waals surface area contributed by atoms with Gasteiger partial charge in [-0.1, -0.05) is 17.7 Å². The van der Waals surface area contributed by atoms with Crippen molar-refractivity contribution in [3.8, 4) is 0 Å². The zero-order valence-electron chi connectivity index (χ0n) is 7.87. The predicted octanol–water partition coefficient (Wildman–Crippen LogP) is 2.36. The van der Waals surface area contributed by atoms with Gasteiger partial charge in [0.1, 0.15) is 0 Å². The van der Waals surface area contributed by atoms with Gasteiger partial charge in [-0.3, -0.25) is 0 Å². The summed E-state index contributed by atoms with van der Waals surface area (Å²) in [5.74, 6) is 0. The van der Waals surface area contributed by atoms with Crippen LogP contribution in [-0.4, -0.2) is 14.7 Å². The fourth-order valence-electron chi connectivity index (χ4n) is 1.06. The van der Waals surface area contributed by atoms with Crippen LogP contribution in [0.1, 0.15) is 11.1 Å². The molecule has 0 saturated carbocycles. The normalized spacial score (nSPS) is 11.6. The molecule has 0 spiro atoms. The Bertz CT molecular complexity index is 408. The zero-order valence-corrected chi connectivity index (χ0v) is 9.50. The molecule has 0 aromatic heterocycles. The first-order chi connectivity index (χ1) is 5.88. The third kappa shape index (κ3) is 3.40. The molecule has 0 N–H and O–H groups in total. The van der Waals surface area contributed by atoms with Gasteiger partial charge in [-0.15, -0.1) is 0 Å². The smallest absolute Gasteiger partial charge is 0.203 e. The highest BCUT2D eigenvalue weighted by molar-refractivity contribution is 8.71. The van der Waals surface area contributed by atoms with Crippen molar-refractivity contribution in [1.29, 1.82) is 0 Å². The lowest BCUT2D eigenvalue weighted by atomic mass is 10.2. The SMILES string of the molecule is Cc1ccc(SS(C)(=O)=O)c(C)c1. The number of rotatable bonds is 2. The summed E-state index contributed by atoms with van der Waals surface area (Å²) in [4.78, 5) is 0.813. The first kappa shape index (κ1) is 10.6. The zero-order chi connectivity index (χ0) is 10.1. The van der Waals surface area contributed by atoms with Crippen molar-refractivity contribution in [2.24, 2.45) is 0 Å². The van der Waals surface area contributed by atoms with Crippen molar-refractivity contribution in [3.63, 3.8) is 0 Å². The monoisotopic (exact) mass is 216 g/mol. The average molecular weight is 216 g/mol. The molecule has 0 aliphatic carbocycles. The lowest BCUT2D eigenvalue weighted by Gasteiger charge is -2.03. The van der Waals surface area contributed by atoms with E-state index < -0.39 is 8.87 Å². The van der Waals surface area contributed by atoms with E-state index in [1.165, 1.54) is 6.26 Å². The van der Waals surface area contributed by atoms with Gasteiger partial charge in [0.05, 0.1) is 0 Å². The van der Waals surface area contributed by atoms with E-state index in [0.29, 0.717) is 0 Å². The van der Waals surface area contributed by atoms with Gasteiger partial charge in [0.25, 0.3) is 0 Å². The first-order valence-corrected chi connectivity index (χ1v) is 7.08. The minimum absolute atomic E-state index is 0.813. The summed E-state index contributed by atoms with van der Waals surface area (Å²) >= 11 is 0. The van der Waals surface area contributed by atoms with Crippen LogP contribution in [0.3, 0.4) is 0 Å².